The molecule has 31 heavy (non-hydrogen) atoms. The lowest BCUT2D eigenvalue weighted by atomic mass is 10.2. The number of H-pyrrole nitrogens is 1. The van der Waals surface area contributed by atoms with E-state index in [2.05, 4.69) is 42.0 Å². The summed E-state index contributed by atoms with van der Waals surface area (Å²) in [5.74, 6) is -0.818. The Bertz CT molecular complexity index is 1360. The monoisotopic (exact) mass is 433 g/mol. The molecule has 5 aromatic rings. The molecule has 0 radical (unpaired) electrons. The lowest BCUT2D eigenvalue weighted by Gasteiger charge is -1.99. The van der Waals surface area contributed by atoms with Gasteiger partial charge in [-0.1, -0.05) is 29.8 Å². The molecule has 2 aromatic carbocycles. The highest BCUT2D eigenvalue weighted by atomic mass is 32.2. The van der Waals surface area contributed by atoms with Crippen LogP contribution in [0.1, 0.15) is 17.0 Å². The molecule has 3 aromatic heterocycles. The van der Waals surface area contributed by atoms with E-state index in [0.29, 0.717) is 5.22 Å². The van der Waals surface area contributed by atoms with Gasteiger partial charge in [0.05, 0.1) is 5.69 Å². The molecule has 5 rings (SSSR count). The first-order valence-corrected chi connectivity index (χ1v) is 10.7. The van der Waals surface area contributed by atoms with Crippen LogP contribution in [0.25, 0.3) is 21.8 Å². The summed E-state index contributed by atoms with van der Waals surface area (Å²) in [6.45, 7) is 6.13. The molecule has 7 heteroatoms. The number of para-hydroxylation sites is 1. The zero-order chi connectivity index (χ0) is 22.0. The Hall–Kier alpha value is -3.45. The van der Waals surface area contributed by atoms with Crippen molar-refractivity contribution < 1.29 is 14.3 Å². The Balaban J connectivity index is 0.000000158. The molecule has 6 nitrogen and oxygen atoms in total. The molecule has 0 aliphatic carbocycles. The zero-order valence-corrected chi connectivity index (χ0v) is 18.4. The quantitative estimate of drug-likeness (QED) is 0.365. The number of aromatic amines is 1. The lowest BCUT2D eigenvalue weighted by molar-refractivity contribution is -0.137. The van der Waals surface area contributed by atoms with Crippen LogP contribution in [0, 0.1) is 20.8 Å². The summed E-state index contributed by atoms with van der Waals surface area (Å²) in [5, 5.41) is 11.6. The van der Waals surface area contributed by atoms with E-state index in [0.717, 1.165) is 27.8 Å². The van der Waals surface area contributed by atoms with Gasteiger partial charge in [0.1, 0.15) is 12.8 Å². The van der Waals surface area contributed by atoms with Crippen LogP contribution in [0.4, 0.5) is 0 Å². The van der Waals surface area contributed by atoms with Crippen molar-refractivity contribution >= 4 is 39.5 Å². The van der Waals surface area contributed by atoms with E-state index in [4.69, 9.17) is 9.52 Å². The number of hydrogen-bond donors (Lipinski definition) is 2. The summed E-state index contributed by atoms with van der Waals surface area (Å²) in [5.41, 5.74) is 5.43. The Morgan fingerprint density at radius 3 is 2.71 bits per heavy atom. The van der Waals surface area contributed by atoms with Crippen LogP contribution in [-0.2, 0) is 11.3 Å². The number of nitrogens with zero attached hydrogens (tertiary/aromatic N) is 2. The Morgan fingerprint density at radius 1 is 1.16 bits per heavy atom. The van der Waals surface area contributed by atoms with Gasteiger partial charge in [-0.3, -0.25) is 4.79 Å². The number of hydrogen-bond acceptors (Lipinski definition) is 4. The predicted octanol–water partition coefficient (Wildman–Crippen LogP) is 5.96. The SMILES string of the molecule is Cc1ccc2[nH]c(C)c(Sc3nc(C)co3)c2c1.O=C(O)Cn1ccc2ccccc21. The van der Waals surface area contributed by atoms with E-state index in [9.17, 15) is 4.79 Å². The minimum Gasteiger partial charge on any atom is -0.480 e. The summed E-state index contributed by atoms with van der Waals surface area (Å²) in [6.07, 6.45) is 3.47. The van der Waals surface area contributed by atoms with Gasteiger partial charge in [-0.15, -0.1) is 0 Å². The highest BCUT2D eigenvalue weighted by Crippen LogP contribution is 2.36. The average molecular weight is 434 g/mol. The predicted molar refractivity (Wildman–Crippen MR) is 123 cm³/mol. The maximum atomic E-state index is 10.5. The highest BCUT2D eigenvalue weighted by Gasteiger charge is 2.13. The van der Waals surface area contributed by atoms with Gasteiger partial charge in [0, 0.05) is 33.2 Å². The van der Waals surface area contributed by atoms with Crippen molar-refractivity contribution in [3.63, 3.8) is 0 Å². The number of carboxylic acids is 1. The van der Waals surface area contributed by atoms with E-state index in [1.807, 2.05) is 37.3 Å². The second-order valence-corrected chi connectivity index (χ2v) is 8.34. The summed E-state index contributed by atoms with van der Waals surface area (Å²) >= 11 is 1.57. The number of carbonyl (C=O) groups is 1. The summed E-state index contributed by atoms with van der Waals surface area (Å²) < 4.78 is 7.13. The van der Waals surface area contributed by atoms with Gasteiger partial charge in [0.2, 0.25) is 0 Å². The van der Waals surface area contributed by atoms with Gasteiger partial charge in [-0.2, -0.15) is 0 Å². The number of benzene rings is 2. The fraction of sp³-hybridized carbons (Fsp3) is 0.167. The second-order valence-electron chi connectivity index (χ2n) is 7.38. The lowest BCUT2D eigenvalue weighted by Crippen LogP contribution is -2.06. The Kier molecular flexibility index (Phi) is 5.86. The molecule has 158 valence electrons. The van der Waals surface area contributed by atoms with Crippen molar-refractivity contribution in [2.24, 2.45) is 0 Å². The largest absolute Gasteiger partial charge is 0.480 e. The van der Waals surface area contributed by atoms with Crippen molar-refractivity contribution in [2.45, 2.75) is 37.4 Å². The molecule has 0 fully saturated rings. The normalized spacial score (nSPS) is 10.9. The van der Waals surface area contributed by atoms with Gasteiger partial charge >= 0.3 is 5.97 Å². The molecule has 0 unspecified atom stereocenters. The van der Waals surface area contributed by atoms with Gasteiger partial charge < -0.3 is 19.1 Å². The molecule has 0 aliphatic heterocycles. The number of aryl methyl sites for hydroxylation is 3. The maximum Gasteiger partial charge on any atom is 0.323 e. The molecular formula is C24H23N3O3S. The van der Waals surface area contributed by atoms with E-state index in [-0.39, 0.29) is 6.54 Å². The zero-order valence-electron chi connectivity index (χ0n) is 17.5. The third-order valence-electron chi connectivity index (χ3n) is 4.86. The van der Waals surface area contributed by atoms with Crippen LogP contribution in [0.5, 0.6) is 0 Å². The van der Waals surface area contributed by atoms with Crippen LogP contribution < -0.4 is 0 Å². The fourth-order valence-corrected chi connectivity index (χ4v) is 4.38. The number of carboxylic acid groups (broad SMARTS) is 1. The first-order chi connectivity index (χ1) is 14.9. The van der Waals surface area contributed by atoms with Crippen molar-refractivity contribution in [2.75, 3.05) is 0 Å². The number of oxazole rings is 1. The number of fused-ring (bicyclic) bond motifs is 2. The van der Waals surface area contributed by atoms with E-state index in [1.165, 1.54) is 15.8 Å². The van der Waals surface area contributed by atoms with Crippen LogP contribution in [0.3, 0.4) is 0 Å². The molecule has 0 bridgehead atoms. The smallest absolute Gasteiger partial charge is 0.323 e. The standard InChI is InChI=1S/C14H14N2OS.C10H9NO2/c1-8-4-5-12-11(6-8)13(10(3)16-12)18-14-15-9(2)7-17-14;12-10(13)7-11-6-5-8-3-1-2-4-9(8)11/h4-7,16H,1-3H3;1-6H,7H2,(H,12,13). The number of rotatable bonds is 4. The van der Waals surface area contributed by atoms with Crippen LogP contribution in [0.2, 0.25) is 0 Å². The van der Waals surface area contributed by atoms with Crippen LogP contribution in [-0.4, -0.2) is 25.6 Å². The van der Waals surface area contributed by atoms with Gasteiger partial charge in [-0.25, -0.2) is 4.98 Å². The topological polar surface area (TPSA) is 84.1 Å². The van der Waals surface area contributed by atoms with E-state index < -0.39 is 5.97 Å². The summed E-state index contributed by atoms with van der Waals surface area (Å²) in [4.78, 5) is 19.4. The second kappa shape index (κ2) is 8.73. The highest BCUT2D eigenvalue weighted by molar-refractivity contribution is 7.99. The van der Waals surface area contributed by atoms with Gasteiger partial charge in [0.25, 0.3) is 5.22 Å². The summed E-state index contributed by atoms with van der Waals surface area (Å²) in [6, 6.07) is 16.1. The summed E-state index contributed by atoms with van der Waals surface area (Å²) in [7, 11) is 0. The minimum atomic E-state index is -0.818. The van der Waals surface area contributed by atoms with Gasteiger partial charge in [0.15, 0.2) is 0 Å². The number of aromatic nitrogens is 3. The third-order valence-corrected chi connectivity index (χ3v) is 5.95. The molecule has 0 saturated carbocycles. The molecule has 0 aliphatic rings. The molecule has 0 atom stereocenters. The van der Waals surface area contributed by atoms with E-state index in [1.54, 1.807) is 28.8 Å². The average Bonchev–Trinajstić information content (AvgIpc) is 3.41. The minimum absolute atomic E-state index is 0.0213. The molecular weight excluding hydrogens is 410 g/mol. The van der Waals surface area contributed by atoms with Crippen molar-refractivity contribution in [3.05, 3.63) is 77.9 Å². The maximum absolute atomic E-state index is 10.5. The van der Waals surface area contributed by atoms with Gasteiger partial charge in [-0.05, 0) is 62.2 Å². The van der Waals surface area contributed by atoms with Crippen LogP contribution in [0.15, 0.2) is 75.5 Å². The molecule has 0 spiro atoms. The fourth-order valence-electron chi connectivity index (χ4n) is 3.44. The van der Waals surface area contributed by atoms with Crippen molar-refractivity contribution in [3.8, 4) is 0 Å². The molecule has 0 saturated heterocycles. The molecule has 3 heterocycles. The molecule has 0 amide bonds. The first kappa shape index (κ1) is 20.8. The number of aliphatic carboxylic acids is 1. The van der Waals surface area contributed by atoms with Crippen molar-refractivity contribution in [1.82, 2.24) is 14.5 Å². The Morgan fingerprint density at radius 2 is 1.97 bits per heavy atom. The molecule has 2 N–H and O–H groups in total. The first-order valence-electron chi connectivity index (χ1n) is 9.85. The van der Waals surface area contributed by atoms with Crippen molar-refractivity contribution in [1.29, 1.82) is 0 Å². The van der Waals surface area contributed by atoms with Crippen LogP contribution >= 0.6 is 11.8 Å². The third kappa shape index (κ3) is 4.67. The van der Waals surface area contributed by atoms with E-state index >= 15 is 0 Å². The number of nitrogens with one attached hydrogen (secondary N) is 1. The Labute approximate surface area is 183 Å².